The van der Waals surface area contributed by atoms with Crippen LogP contribution in [0.15, 0.2) is 24.4 Å². The summed E-state index contributed by atoms with van der Waals surface area (Å²) in [7, 11) is 2.06. The smallest absolute Gasteiger partial charge is 0.0580 e. The summed E-state index contributed by atoms with van der Waals surface area (Å²) < 4.78 is 5.64. The van der Waals surface area contributed by atoms with Gasteiger partial charge in [-0.25, -0.2) is 0 Å². The van der Waals surface area contributed by atoms with Crippen LogP contribution in [0.3, 0.4) is 0 Å². The molecular formula is C16H26N2O. The predicted octanol–water partition coefficient (Wildman–Crippen LogP) is 2.98. The molecule has 1 aromatic heterocycles. The molecule has 3 heteroatoms. The van der Waals surface area contributed by atoms with Crippen molar-refractivity contribution >= 4 is 0 Å². The molecule has 106 valence electrons. The van der Waals surface area contributed by atoms with Crippen molar-refractivity contribution in [1.29, 1.82) is 0 Å². The SMILES string of the molecule is CCOC1CC(CC(NC)C(C)c2ccccn2)C1. The highest BCUT2D eigenvalue weighted by molar-refractivity contribution is 5.11. The molecule has 1 aliphatic carbocycles. The molecule has 19 heavy (non-hydrogen) atoms. The average molecular weight is 262 g/mol. The van der Waals surface area contributed by atoms with E-state index in [2.05, 4.69) is 43.3 Å². The van der Waals surface area contributed by atoms with Crippen LogP contribution in [-0.2, 0) is 4.74 Å². The van der Waals surface area contributed by atoms with E-state index in [1.807, 2.05) is 12.3 Å². The largest absolute Gasteiger partial charge is 0.378 e. The van der Waals surface area contributed by atoms with Crippen LogP contribution in [0.25, 0.3) is 0 Å². The number of pyridine rings is 1. The lowest BCUT2D eigenvalue weighted by Crippen LogP contribution is -2.39. The number of nitrogens with one attached hydrogen (secondary N) is 1. The Hall–Kier alpha value is -0.930. The Morgan fingerprint density at radius 2 is 2.21 bits per heavy atom. The Balaban J connectivity index is 1.84. The minimum Gasteiger partial charge on any atom is -0.378 e. The second-order valence-electron chi connectivity index (χ2n) is 5.59. The number of hydrogen-bond acceptors (Lipinski definition) is 3. The zero-order chi connectivity index (χ0) is 13.7. The molecule has 1 heterocycles. The number of aromatic nitrogens is 1. The van der Waals surface area contributed by atoms with E-state index in [1.54, 1.807) is 0 Å². The van der Waals surface area contributed by atoms with Crippen LogP contribution in [0.1, 0.15) is 44.7 Å². The van der Waals surface area contributed by atoms with Gasteiger partial charge in [0.05, 0.1) is 6.10 Å². The second kappa shape index (κ2) is 7.01. The van der Waals surface area contributed by atoms with Crippen LogP contribution in [0.2, 0.25) is 0 Å². The third kappa shape index (κ3) is 3.77. The second-order valence-corrected chi connectivity index (χ2v) is 5.59. The number of nitrogens with zero attached hydrogens (tertiary/aromatic N) is 1. The molecule has 0 aromatic carbocycles. The fourth-order valence-corrected chi connectivity index (χ4v) is 3.02. The molecule has 2 unspecified atom stereocenters. The first-order valence-electron chi connectivity index (χ1n) is 7.44. The van der Waals surface area contributed by atoms with Crippen molar-refractivity contribution in [3.63, 3.8) is 0 Å². The van der Waals surface area contributed by atoms with E-state index in [-0.39, 0.29) is 0 Å². The molecular weight excluding hydrogens is 236 g/mol. The van der Waals surface area contributed by atoms with Crippen molar-refractivity contribution in [3.8, 4) is 0 Å². The van der Waals surface area contributed by atoms with E-state index >= 15 is 0 Å². The van der Waals surface area contributed by atoms with Gasteiger partial charge in [-0.2, -0.15) is 0 Å². The maximum Gasteiger partial charge on any atom is 0.0580 e. The van der Waals surface area contributed by atoms with Gasteiger partial charge in [-0.05, 0) is 51.3 Å². The first-order chi connectivity index (χ1) is 9.24. The lowest BCUT2D eigenvalue weighted by Gasteiger charge is -2.38. The third-order valence-corrected chi connectivity index (χ3v) is 4.31. The van der Waals surface area contributed by atoms with E-state index in [0.717, 1.165) is 12.5 Å². The van der Waals surface area contributed by atoms with Gasteiger partial charge in [0.15, 0.2) is 0 Å². The van der Waals surface area contributed by atoms with Crippen LogP contribution < -0.4 is 5.32 Å². The molecule has 1 aliphatic rings. The first-order valence-corrected chi connectivity index (χ1v) is 7.44. The molecule has 1 N–H and O–H groups in total. The fourth-order valence-electron chi connectivity index (χ4n) is 3.02. The summed E-state index contributed by atoms with van der Waals surface area (Å²) in [6.07, 6.45) is 6.06. The van der Waals surface area contributed by atoms with E-state index in [1.165, 1.54) is 25.0 Å². The van der Waals surface area contributed by atoms with Crippen molar-refractivity contribution < 1.29 is 4.74 Å². The van der Waals surface area contributed by atoms with Gasteiger partial charge in [0.1, 0.15) is 0 Å². The Labute approximate surface area is 116 Å². The normalized spacial score (nSPS) is 25.6. The van der Waals surface area contributed by atoms with Crippen molar-refractivity contribution in [2.45, 2.75) is 51.2 Å². The topological polar surface area (TPSA) is 34.1 Å². The van der Waals surface area contributed by atoms with Gasteiger partial charge in [0, 0.05) is 30.5 Å². The first kappa shape index (κ1) is 14.5. The summed E-state index contributed by atoms with van der Waals surface area (Å²) in [5.41, 5.74) is 1.18. The molecule has 1 aromatic rings. The Kier molecular flexibility index (Phi) is 5.34. The number of ether oxygens (including phenoxy) is 1. The van der Waals surface area contributed by atoms with Crippen molar-refractivity contribution in [2.24, 2.45) is 5.92 Å². The highest BCUT2D eigenvalue weighted by Crippen LogP contribution is 2.35. The van der Waals surface area contributed by atoms with E-state index in [9.17, 15) is 0 Å². The quantitative estimate of drug-likeness (QED) is 0.820. The summed E-state index contributed by atoms with van der Waals surface area (Å²) in [6.45, 7) is 5.19. The van der Waals surface area contributed by atoms with Crippen LogP contribution in [0, 0.1) is 5.92 Å². The molecule has 1 saturated carbocycles. The standard InChI is InChI=1S/C16H26N2O/c1-4-19-14-9-13(10-14)11-16(17-3)12(2)15-7-5-6-8-18-15/h5-8,12-14,16-17H,4,9-11H2,1-3H3. The summed E-state index contributed by atoms with van der Waals surface area (Å²) >= 11 is 0. The summed E-state index contributed by atoms with van der Waals surface area (Å²) in [4.78, 5) is 4.48. The Bertz CT molecular complexity index is 362. The molecule has 0 amide bonds. The molecule has 0 radical (unpaired) electrons. The van der Waals surface area contributed by atoms with Gasteiger partial charge >= 0.3 is 0 Å². The van der Waals surface area contributed by atoms with Crippen LogP contribution >= 0.6 is 0 Å². The lowest BCUT2D eigenvalue weighted by molar-refractivity contribution is -0.0294. The van der Waals surface area contributed by atoms with Crippen LogP contribution in [-0.4, -0.2) is 30.8 Å². The maximum atomic E-state index is 5.64. The van der Waals surface area contributed by atoms with Crippen molar-refractivity contribution in [3.05, 3.63) is 30.1 Å². The monoisotopic (exact) mass is 262 g/mol. The fraction of sp³-hybridized carbons (Fsp3) is 0.688. The molecule has 0 aliphatic heterocycles. The predicted molar refractivity (Wildman–Crippen MR) is 78.3 cm³/mol. The van der Waals surface area contributed by atoms with E-state index < -0.39 is 0 Å². The summed E-state index contributed by atoms with van der Waals surface area (Å²) in [5.74, 6) is 1.26. The number of rotatable bonds is 7. The molecule has 0 saturated heterocycles. The highest BCUT2D eigenvalue weighted by atomic mass is 16.5. The van der Waals surface area contributed by atoms with Gasteiger partial charge in [-0.3, -0.25) is 4.98 Å². The highest BCUT2D eigenvalue weighted by Gasteiger charge is 2.32. The van der Waals surface area contributed by atoms with Gasteiger partial charge < -0.3 is 10.1 Å². The Morgan fingerprint density at radius 1 is 1.42 bits per heavy atom. The minimum absolute atomic E-state index is 0.456. The summed E-state index contributed by atoms with van der Waals surface area (Å²) in [5, 5.41) is 3.47. The van der Waals surface area contributed by atoms with Crippen molar-refractivity contribution in [1.82, 2.24) is 10.3 Å². The average Bonchev–Trinajstić information content (AvgIpc) is 2.41. The van der Waals surface area contributed by atoms with Gasteiger partial charge in [0.25, 0.3) is 0 Å². The van der Waals surface area contributed by atoms with Gasteiger partial charge in [-0.15, -0.1) is 0 Å². The zero-order valence-corrected chi connectivity index (χ0v) is 12.3. The lowest BCUT2D eigenvalue weighted by atomic mass is 9.76. The van der Waals surface area contributed by atoms with Crippen molar-refractivity contribution in [2.75, 3.05) is 13.7 Å². The van der Waals surface area contributed by atoms with Crippen LogP contribution in [0.5, 0.6) is 0 Å². The number of likely N-dealkylation sites (N-methyl/N-ethyl adjacent to an activating group) is 1. The molecule has 0 spiro atoms. The van der Waals surface area contributed by atoms with Gasteiger partial charge in [-0.1, -0.05) is 13.0 Å². The Morgan fingerprint density at radius 3 is 2.79 bits per heavy atom. The van der Waals surface area contributed by atoms with E-state index in [0.29, 0.717) is 18.1 Å². The maximum absolute atomic E-state index is 5.64. The zero-order valence-electron chi connectivity index (χ0n) is 12.3. The third-order valence-electron chi connectivity index (χ3n) is 4.31. The molecule has 0 bridgehead atoms. The molecule has 1 fully saturated rings. The molecule has 3 nitrogen and oxygen atoms in total. The summed E-state index contributed by atoms with van der Waals surface area (Å²) in [6, 6.07) is 6.67. The van der Waals surface area contributed by atoms with Gasteiger partial charge in [0.2, 0.25) is 0 Å². The molecule has 2 atom stereocenters. The minimum atomic E-state index is 0.456. The molecule has 2 rings (SSSR count). The van der Waals surface area contributed by atoms with Crippen LogP contribution in [0.4, 0.5) is 0 Å². The van der Waals surface area contributed by atoms with E-state index in [4.69, 9.17) is 4.74 Å². The number of hydrogen-bond donors (Lipinski definition) is 1.